The predicted molar refractivity (Wildman–Crippen MR) is 26.2 cm³/mol. The van der Waals surface area contributed by atoms with Crippen molar-refractivity contribution in [2.24, 2.45) is 0 Å². The fourth-order valence-electron chi connectivity index (χ4n) is 0.271. The van der Waals surface area contributed by atoms with Gasteiger partial charge >= 0.3 is 5.97 Å². The zero-order valence-electron chi connectivity index (χ0n) is 5.01. The largest absolute Gasteiger partial charge is 0.480 e. The number of hydrogen-bond donors (Lipinski definition) is 1. The van der Waals surface area contributed by atoms with Crippen molar-refractivity contribution in [3.63, 3.8) is 0 Å². The maximum atomic E-state index is 9.77. The van der Waals surface area contributed by atoms with Crippen molar-refractivity contribution in [3.05, 3.63) is 0 Å². The minimum Gasteiger partial charge on any atom is -0.480 e. The Labute approximate surface area is 63.6 Å². The molecule has 0 aromatic rings. The summed E-state index contributed by atoms with van der Waals surface area (Å²) in [5, 5.41) is 8.04. The van der Waals surface area contributed by atoms with Gasteiger partial charge in [-0.3, -0.25) is 9.69 Å². The molecule has 0 aliphatic rings. The van der Waals surface area contributed by atoms with Gasteiger partial charge in [0, 0.05) is 21.7 Å². The van der Waals surface area contributed by atoms with E-state index in [0.29, 0.717) is 0 Å². The molecule has 0 saturated carbocycles. The van der Waals surface area contributed by atoms with Crippen molar-refractivity contribution in [2.45, 2.75) is 0 Å². The first-order chi connectivity index (χ1) is 3.13. The van der Waals surface area contributed by atoms with E-state index in [2.05, 4.69) is 0 Å². The van der Waals surface area contributed by atoms with E-state index in [-0.39, 0.29) is 28.3 Å². The third-order valence-electron chi connectivity index (χ3n) is 0.451. The van der Waals surface area contributed by atoms with Gasteiger partial charge in [-0.1, -0.05) is 0 Å². The zero-order valence-corrected chi connectivity index (χ0v) is 6.57. The molecule has 0 aliphatic carbocycles. The molecule has 3 nitrogen and oxygen atoms in total. The Morgan fingerprint density at radius 2 is 2.00 bits per heavy atom. The van der Waals surface area contributed by atoms with E-state index in [9.17, 15) is 4.79 Å². The van der Waals surface area contributed by atoms with Gasteiger partial charge in [-0.2, -0.15) is 0 Å². The number of carboxylic acids is 1. The fourth-order valence-corrected chi connectivity index (χ4v) is 0.271. The topological polar surface area (TPSA) is 40.5 Å². The standard InChI is InChI=1S/C4H9NO2.Ti/c1-5(2)3-4(6)7;/h3H2,1-2H3,(H,6,7);. The van der Waals surface area contributed by atoms with Gasteiger partial charge in [-0.25, -0.2) is 0 Å². The van der Waals surface area contributed by atoms with Gasteiger partial charge in [0.2, 0.25) is 0 Å². The van der Waals surface area contributed by atoms with Crippen molar-refractivity contribution < 1.29 is 31.6 Å². The van der Waals surface area contributed by atoms with Gasteiger partial charge in [-0.05, 0) is 14.1 Å². The first kappa shape index (κ1) is 11.0. The van der Waals surface area contributed by atoms with Crippen LogP contribution in [0.4, 0.5) is 0 Å². The molecule has 0 unspecified atom stereocenters. The van der Waals surface area contributed by atoms with Gasteiger partial charge in [0.15, 0.2) is 0 Å². The van der Waals surface area contributed by atoms with E-state index in [1.165, 1.54) is 0 Å². The number of nitrogens with zero attached hydrogens (tertiary/aromatic N) is 1. The average Bonchev–Trinajstić information content (AvgIpc) is 1.27. The quantitative estimate of drug-likeness (QED) is 0.547. The normalized spacial score (nSPS) is 8.38. The van der Waals surface area contributed by atoms with Crippen LogP contribution in [-0.4, -0.2) is 36.6 Å². The van der Waals surface area contributed by atoms with Crippen LogP contribution in [-0.2, 0) is 26.5 Å². The number of rotatable bonds is 2. The summed E-state index contributed by atoms with van der Waals surface area (Å²) in [7, 11) is 3.43. The molecule has 0 amide bonds. The molecular formula is C4H9NO2Ti. The Morgan fingerprint density at radius 3 is 2.00 bits per heavy atom. The van der Waals surface area contributed by atoms with Crippen molar-refractivity contribution in [2.75, 3.05) is 20.6 Å². The smallest absolute Gasteiger partial charge is 0.317 e. The van der Waals surface area contributed by atoms with Gasteiger partial charge < -0.3 is 5.11 Å². The molecule has 46 valence electrons. The van der Waals surface area contributed by atoms with Crippen LogP contribution in [0, 0.1) is 0 Å². The summed E-state index contributed by atoms with van der Waals surface area (Å²) in [6.07, 6.45) is 0. The summed E-state index contributed by atoms with van der Waals surface area (Å²) in [6.45, 7) is 0.111. The SMILES string of the molecule is CN(C)CC(=O)O.[Ti]. The number of aliphatic carboxylic acids is 1. The number of carboxylic acid groups (broad SMARTS) is 1. The second-order valence-electron chi connectivity index (χ2n) is 1.63. The van der Waals surface area contributed by atoms with E-state index in [0.717, 1.165) is 0 Å². The van der Waals surface area contributed by atoms with E-state index in [4.69, 9.17) is 5.11 Å². The number of likely N-dealkylation sites (N-methyl/N-ethyl adjacent to an activating group) is 1. The van der Waals surface area contributed by atoms with Crippen LogP contribution in [0.25, 0.3) is 0 Å². The Morgan fingerprint density at radius 1 is 1.62 bits per heavy atom. The average molecular weight is 151 g/mol. The first-order valence-electron chi connectivity index (χ1n) is 1.99. The minimum atomic E-state index is -0.787. The van der Waals surface area contributed by atoms with E-state index in [1.54, 1.807) is 19.0 Å². The summed E-state index contributed by atoms with van der Waals surface area (Å²) in [5.74, 6) is -0.787. The summed E-state index contributed by atoms with van der Waals surface area (Å²) in [4.78, 5) is 11.4. The summed E-state index contributed by atoms with van der Waals surface area (Å²) in [6, 6.07) is 0. The Kier molecular flexibility index (Phi) is 7.27. The van der Waals surface area contributed by atoms with Gasteiger partial charge in [-0.15, -0.1) is 0 Å². The fraction of sp³-hybridized carbons (Fsp3) is 0.750. The summed E-state index contributed by atoms with van der Waals surface area (Å²) in [5.41, 5.74) is 0. The maximum Gasteiger partial charge on any atom is 0.317 e. The van der Waals surface area contributed by atoms with Crippen LogP contribution in [0.1, 0.15) is 0 Å². The van der Waals surface area contributed by atoms with Crippen molar-refractivity contribution in [3.8, 4) is 0 Å². The van der Waals surface area contributed by atoms with Crippen LogP contribution in [0.2, 0.25) is 0 Å². The molecular weight excluding hydrogens is 142 g/mol. The molecule has 0 saturated heterocycles. The third-order valence-corrected chi connectivity index (χ3v) is 0.451. The van der Waals surface area contributed by atoms with E-state index < -0.39 is 5.97 Å². The van der Waals surface area contributed by atoms with Crippen LogP contribution in [0.3, 0.4) is 0 Å². The van der Waals surface area contributed by atoms with Gasteiger partial charge in [0.1, 0.15) is 0 Å². The first-order valence-corrected chi connectivity index (χ1v) is 1.99. The number of hydrogen-bond acceptors (Lipinski definition) is 2. The number of carbonyl (C=O) groups is 1. The molecule has 0 aromatic carbocycles. The summed E-state index contributed by atoms with van der Waals surface area (Å²) < 4.78 is 0. The van der Waals surface area contributed by atoms with Crippen LogP contribution >= 0.6 is 0 Å². The molecule has 0 spiro atoms. The molecule has 0 bridgehead atoms. The molecule has 1 N–H and O–H groups in total. The second-order valence-corrected chi connectivity index (χ2v) is 1.63. The molecule has 4 heteroatoms. The Hall–Kier alpha value is 0.144. The molecule has 8 heavy (non-hydrogen) atoms. The van der Waals surface area contributed by atoms with Gasteiger partial charge in [0.05, 0.1) is 6.54 Å². The molecule has 0 heterocycles. The molecule has 0 aromatic heterocycles. The van der Waals surface area contributed by atoms with Gasteiger partial charge in [0.25, 0.3) is 0 Å². The molecule has 0 atom stereocenters. The molecule has 0 fully saturated rings. The van der Waals surface area contributed by atoms with E-state index >= 15 is 0 Å². The van der Waals surface area contributed by atoms with Crippen LogP contribution in [0.15, 0.2) is 0 Å². The van der Waals surface area contributed by atoms with E-state index in [1.807, 2.05) is 0 Å². The molecule has 0 radical (unpaired) electrons. The Bertz CT molecular complexity index is 74.4. The molecule has 0 rings (SSSR count). The summed E-state index contributed by atoms with van der Waals surface area (Å²) >= 11 is 0. The maximum absolute atomic E-state index is 9.77. The second kappa shape index (κ2) is 5.28. The van der Waals surface area contributed by atoms with Crippen molar-refractivity contribution in [1.82, 2.24) is 4.90 Å². The zero-order chi connectivity index (χ0) is 5.86. The Balaban J connectivity index is 0. The minimum absolute atomic E-state index is 0. The third kappa shape index (κ3) is 9.47. The van der Waals surface area contributed by atoms with Crippen molar-refractivity contribution in [1.29, 1.82) is 0 Å². The van der Waals surface area contributed by atoms with Crippen LogP contribution in [0.5, 0.6) is 0 Å². The van der Waals surface area contributed by atoms with Crippen molar-refractivity contribution >= 4 is 5.97 Å². The monoisotopic (exact) mass is 151 g/mol. The van der Waals surface area contributed by atoms with Crippen LogP contribution < -0.4 is 0 Å². The predicted octanol–water partition coefficient (Wildman–Crippen LogP) is -0.370. The molecule has 0 aliphatic heterocycles.